The second-order valence-electron chi connectivity index (χ2n) is 5.30. The predicted molar refractivity (Wildman–Crippen MR) is 92.1 cm³/mol. The summed E-state index contributed by atoms with van der Waals surface area (Å²) >= 11 is 0. The van der Waals surface area contributed by atoms with Gasteiger partial charge in [0.15, 0.2) is 0 Å². The fraction of sp³-hybridized carbons (Fsp3) is 0.278. The number of aliphatic imine (C=N–C) groups is 1. The van der Waals surface area contributed by atoms with Crippen molar-refractivity contribution in [1.29, 1.82) is 0 Å². The van der Waals surface area contributed by atoms with Gasteiger partial charge in [-0.25, -0.2) is 9.38 Å². The molecule has 0 amide bonds. The van der Waals surface area contributed by atoms with Crippen molar-refractivity contribution in [1.82, 2.24) is 4.90 Å². The molecule has 4 heteroatoms. The predicted octanol–water partition coefficient (Wildman–Crippen LogP) is 4.51. The van der Waals surface area contributed by atoms with Crippen LogP contribution in [0.25, 0.3) is 0 Å². The minimum absolute atomic E-state index is 0.275. The number of aryl methyl sites for hydroxylation is 1. The molecule has 0 heterocycles. The summed E-state index contributed by atoms with van der Waals surface area (Å²) in [6.45, 7) is 4.84. The van der Waals surface area contributed by atoms with Crippen LogP contribution >= 0.6 is 0 Å². The maximum absolute atomic E-state index is 14.4. The van der Waals surface area contributed by atoms with E-state index in [1.54, 1.807) is 6.34 Å². The van der Waals surface area contributed by atoms with Crippen LogP contribution in [-0.2, 0) is 0 Å². The fourth-order valence-electron chi connectivity index (χ4n) is 2.08. The summed E-state index contributed by atoms with van der Waals surface area (Å²) in [6, 6.07) is 13.1. The highest BCUT2D eigenvalue weighted by atomic mass is 19.1. The van der Waals surface area contributed by atoms with Crippen molar-refractivity contribution >= 4 is 23.4 Å². The summed E-state index contributed by atoms with van der Waals surface area (Å²) in [5.74, 6) is -0.275. The van der Waals surface area contributed by atoms with E-state index in [2.05, 4.69) is 4.99 Å². The summed E-state index contributed by atoms with van der Waals surface area (Å²) in [5.41, 5.74) is 3.09. The summed E-state index contributed by atoms with van der Waals surface area (Å²) in [6.07, 6.45) is 1.72. The highest BCUT2D eigenvalue weighted by molar-refractivity contribution is 5.69. The van der Waals surface area contributed by atoms with E-state index < -0.39 is 0 Å². The lowest BCUT2D eigenvalue weighted by atomic mass is 10.1. The first-order chi connectivity index (χ1) is 10.5. The normalized spacial score (nSPS) is 11.0. The van der Waals surface area contributed by atoms with Crippen molar-refractivity contribution in [3.05, 3.63) is 53.8 Å². The van der Waals surface area contributed by atoms with Gasteiger partial charge in [0.1, 0.15) is 5.82 Å². The second kappa shape index (κ2) is 7.07. The van der Waals surface area contributed by atoms with Crippen LogP contribution in [0, 0.1) is 12.7 Å². The quantitative estimate of drug-likeness (QED) is 0.597. The Hall–Kier alpha value is -2.36. The molecule has 0 bridgehead atoms. The smallest absolute Gasteiger partial charge is 0.148 e. The van der Waals surface area contributed by atoms with Crippen molar-refractivity contribution in [2.75, 3.05) is 25.5 Å². The summed E-state index contributed by atoms with van der Waals surface area (Å²) < 4.78 is 14.4. The van der Waals surface area contributed by atoms with Crippen molar-refractivity contribution in [2.45, 2.75) is 13.8 Å². The first-order valence-electron chi connectivity index (χ1n) is 7.36. The number of hydrogen-bond acceptors (Lipinski definition) is 2. The number of benzene rings is 2. The minimum Gasteiger partial charge on any atom is -0.366 e. The largest absolute Gasteiger partial charge is 0.366 e. The van der Waals surface area contributed by atoms with E-state index in [9.17, 15) is 4.39 Å². The number of halogens is 1. The van der Waals surface area contributed by atoms with Gasteiger partial charge in [-0.15, -0.1) is 0 Å². The van der Waals surface area contributed by atoms with Gasteiger partial charge >= 0.3 is 0 Å². The number of rotatable bonds is 5. The lowest BCUT2D eigenvalue weighted by molar-refractivity contribution is 0.552. The third-order valence-corrected chi connectivity index (χ3v) is 3.66. The van der Waals surface area contributed by atoms with Crippen LogP contribution in [0.5, 0.6) is 0 Å². The molecule has 0 aliphatic carbocycles. The molecule has 0 saturated carbocycles. The summed E-state index contributed by atoms with van der Waals surface area (Å²) in [4.78, 5) is 8.14. The summed E-state index contributed by atoms with van der Waals surface area (Å²) in [7, 11) is 3.80. The Balaban J connectivity index is 2.32. The molecule has 0 saturated heterocycles. The van der Waals surface area contributed by atoms with Gasteiger partial charge in [-0.3, -0.25) is 0 Å². The molecule has 116 valence electrons. The molecule has 0 radical (unpaired) electrons. The Morgan fingerprint density at radius 2 is 1.82 bits per heavy atom. The molecule has 0 fully saturated rings. The van der Waals surface area contributed by atoms with Gasteiger partial charge in [0.05, 0.1) is 17.7 Å². The van der Waals surface area contributed by atoms with Gasteiger partial charge in [0, 0.05) is 32.4 Å². The molecule has 0 aromatic heterocycles. The maximum atomic E-state index is 14.4. The van der Waals surface area contributed by atoms with E-state index >= 15 is 0 Å². The first kappa shape index (κ1) is 16.0. The lowest BCUT2D eigenvalue weighted by Gasteiger charge is -2.21. The van der Waals surface area contributed by atoms with E-state index in [0.717, 1.165) is 17.8 Å². The average molecular weight is 299 g/mol. The van der Waals surface area contributed by atoms with Crippen LogP contribution in [-0.4, -0.2) is 31.9 Å². The van der Waals surface area contributed by atoms with Crippen LogP contribution in [0.4, 0.5) is 21.5 Å². The first-order valence-corrected chi connectivity index (χ1v) is 7.36. The number of anilines is 2. The lowest BCUT2D eigenvalue weighted by Crippen LogP contribution is -2.14. The molecule has 0 N–H and O–H groups in total. The fourth-order valence-corrected chi connectivity index (χ4v) is 2.08. The van der Waals surface area contributed by atoms with E-state index in [-0.39, 0.29) is 5.82 Å². The van der Waals surface area contributed by atoms with Gasteiger partial charge in [-0.2, -0.15) is 0 Å². The molecule has 2 aromatic carbocycles. The molecular formula is C18H22FN3. The number of hydrogen-bond donors (Lipinski definition) is 0. The SMILES string of the molecule is CCN(C)C=Nc1cc(F)c(N(C)c2ccccc2)cc1C. The zero-order valence-electron chi connectivity index (χ0n) is 13.5. The Kier molecular flexibility index (Phi) is 5.15. The van der Waals surface area contributed by atoms with E-state index in [1.165, 1.54) is 6.07 Å². The summed E-state index contributed by atoms with van der Waals surface area (Å²) in [5, 5.41) is 0. The highest BCUT2D eigenvalue weighted by Gasteiger charge is 2.12. The third-order valence-electron chi connectivity index (χ3n) is 3.66. The minimum atomic E-state index is -0.275. The van der Waals surface area contributed by atoms with Crippen LogP contribution in [0.2, 0.25) is 0 Å². The Morgan fingerprint density at radius 3 is 2.45 bits per heavy atom. The van der Waals surface area contributed by atoms with E-state index in [0.29, 0.717) is 11.4 Å². The van der Waals surface area contributed by atoms with Gasteiger partial charge in [0.25, 0.3) is 0 Å². The maximum Gasteiger partial charge on any atom is 0.148 e. The Labute approximate surface area is 131 Å². The molecule has 0 aliphatic rings. The monoisotopic (exact) mass is 299 g/mol. The average Bonchev–Trinajstić information content (AvgIpc) is 2.55. The Morgan fingerprint density at radius 1 is 1.14 bits per heavy atom. The van der Waals surface area contributed by atoms with Crippen LogP contribution in [0.3, 0.4) is 0 Å². The van der Waals surface area contributed by atoms with Crippen LogP contribution in [0.15, 0.2) is 47.5 Å². The van der Waals surface area contributed by atoms with Crippen molar-refractivity contribution in [3.8, 4) is 0 Å². The molecule has 0 unspecified atom stereocenters. The van der Waals surface area contributed by atoms with Crippen molar-refractivity contribution < 1.29 is 4.39 Å². The zero-order chi connectivity index (χ0) is 16.1. The Bertz CT molecular complexity index is 653. The molecular weight excluding hydrogens is 277 g/mol. The second-order valence-corrected chi connectivity index (χ2v) is 5.30. The van der Waals surface area contributed by atoms with Gasteiger partial charge in [-0.1, -0.05) is 18.2 Å². The number of para-hydroxylation sites is 1. The topological polar surface area (TPSA) is 18.8 Å². The third kappa shape index (κ3) is 3.64. The van der Waals surface area contributed by atoms with Crippen LogP contribution in [0.1, 0.15) is 12.5 Å². The molecule has 0 atom stereocenters. The standard InChI is InChI=1S/C18H22FN3/c1-5-21(3)13-20-17-12-16(19)18(11-14(17)2)22(4)15-9-7-6-8-10-15/h6-13H,5H2,1-4H3. The molecule has 2 aromatic rings. The molecule has 0 aliphatic heterocycles. The molecule has 2 rings (SSSR count). The van der Waals surface area contributed by atoms with Gasteiger partial charge in [-0.05, 0) is 37.6 Å². The number of nitrogens with zero attached hydrogens (tertiary/aromatic N) is 3. The van der Waals surface area contributed by atoms with Gasteiger partial charge in [0.2, 0.25) is 0 Å². The van der Waals surface area contributed by atoms with Crippen molar-refractivity contribution in [2.24, 2.45) is 4.99 Å². The van der Waals surface area contributed by atoms with E-state index in [4.69, 9.17) is 0 Å². The highest BCUT2D eigenvalue weighted by Crippen LogP contribution is 2.31. The van der Waals surface area contributed by atoms with Gasteiger partial charge < -0.3 is 9.80 Å². The van der Waals surface area contributed by atoms with Crippen molar-refractivity contribution in [3.63, 3.8) is 0 Å². The molecule has 0 spiro atoms. The van der Waals surface area contributed by atoms with Crippen LogP contribution < -0.4 is 4.90 Å². The molecule has 3 nitrogen and oxygen atoms in total. The van der Waals surface area contributed by atoms with E-state index in [1.807, 2.05) is 74.1 Å². The molecule has 22 heavy (non-hydrogen) atoms. The zero-order valence-corrected chi connectivity index (χ0v) is 13.5.